The second kappa shape index (κ2) is 8.23. The van der Waals surface area contributed by atoms with E-state index in [1.54, 1.807) is 19.4 Å². The molecule has 27 heavy (non-hydrogen) atoms. The molecule has 138 valence electrons. The fourth-order valence-electron chi connectivity index (χ4n) is 2.93. The summed E-state index contributed by atoms with van der Waals surface area (Å²) in [4.78, 5) is 19.0. The zero-order valence-electron chi connectivity index (χ0n) is 15.1. The van der Waals surface area contributed by atoms with Gasteiger partial charge in [0.2, 0.25) is 5.82 Å². The summed E-state index contributed by atoms with van der Waals surface area (Å²) < 4.78 is 5.30. The van der Waals surface area contributed by atoms with Crippen LogP contribution in [0, 0.1) is 22.0 Å². The summed E-state index contributed by atoms with van der Waals surface area (Å²) in [6.45, 7) is 6.65. The highest BCUT2D eigenvalue weighted by Crippen LogP contribution is 2.26. The number of ether oxygens (including phenoxy) is 1. The van der Waals surface area contributed by atoms with E-state index < -0.39 is 4.92 Å². The Labute approximate surface area is 158 Å². The normalized spacial score (nSPS) is 13.5. The Bertz CT molecular complexity index is 909. The zero-order valence-corrected chi connectivity index (χ0v) is 15.1. The van der Waals surface area contributed by atoms with Crippen molar-refractivity contribution < 1.29 is 9.66 Å². The molecule has 1 aromatic heterocycles. The quantitative estimate of drug-likeness (QED) is 0.472. The molecule has 2 aromatic rings. The summed E-state index contributed by atoms with van der Waals surface area (Å²) in [5.74, 6) is 7.32. The molecule has 3 rings (SSSR count). The molecule has 0 unspecified atom stereocenters. The molecular formula is C20H20N4O3. The van der Waals surface area contributed by atoms with Gasteiger partial charge in [-0.1, -0.05) is 24.6 Å². The lowest BCUT2D eigenvalue weighted by atomic mass is 10.2. The SMILES string of the molecule is C=C(C#Cc1ccccc1OC)N1CCN(c2ncccc2[N+](=O)[O-])CC1. The highest BCUT2D eigenvalue weighted by atomic mass is 16.6. The van der Waals surface area contributed by atoms with Gasteiger partial charge in [-0.2, -0.15) is 0 Å². The fourth-order valence-corrected chi connectivity index (χ4v) is 2.93. The van der Waals surface area contributed by atoms with Crippen molar-refractivity contribution in [1.82, 2.24) is 9.88 Å². The van der Waals surface area contributed by atoms with E-state index in [1.807, 2.05) is 29.2 Å². The van der Waals surface area contributed by atoms with Crippen LogP contribution in [-0.2, 0) is 0 Å². The van der Waals surface area contributed by atoms with Crippen LogP contribution in [0.25, 0.3) is 0 Å². The van der Waals surface area contributed by atoms with Crippen LogP contribution < -0.4 is 9.64 Å². The molecule has 1 fully saturated rings. The van der Waals surface area contributed by atoms with E-state index in [2.05, 4.69) is 28.3 Å². The average molecular weight is 364 g/mol. The van der Waals surface area contributed by atoms with Gasteiger partial charge in [0.15, 0.2) is 0 Å². The summed E-state index contributed by atoms with van der Waals surface area (Å²) in [6.07, 6.45) is 1.58. The van der Waals surface area contributed by atoms with E-state index in [0.29, 0.717) is 32.0 Å². The Morgan fingerprint density at radius 1 is 1.22 bits per heavy atom. The number of para-hydroxylation sites is 1. The Hall–Kier alpha value is -3.53. The van der Waals surface area contributed by atoms with Gasteiger partial charge >= 0.3 is 5.69 Å². The monoisotopic (exact) mass is 364 g/mol. The number of aromatic nitrogens is 1. The van der Waals surface area contributed by atoms with Crippen LogP contribution in [-0.4, -0.2) is 48.1 Å². The third kappa shape index (κ3) is 4.18. The molecule has 1 saturated heterocycles. The second-order valence-electron chi connectivity index (χ2n) is 5.97. The number of rotatable bonds is 4. The molecule has 0 atom stereocenters. The minimum absolute atomic E-state index is 0.0285. The van der Waals surface area contributed by atoms with Crippen molar-refractivity contribution in [2.45, 2.75) is 0 Å². The molecule has 0 spiro atoms. The molecule has 7 nitrogen and oxygen atoms in total. The van der Waals surface area contributed by atoms with Crippen LogP contribution in [0.5, 0.6) is 5.75 Å². The fraction of sp³-hybridized carbons (Fsp3) is 0.250. The van der Waals surface area contributed by atoms with Gasteiger partial charge in [0.05, 0.1) is 23.3 Å². The van der Waals surface area contributed by atoms with Crippen LogP contribution in [0.3, 0.4) is 0 Å². The number of anilines is 1. The number of nitro groups is 1. The molecule has 0 N–H and O–H groups in total. The minimum atomic E-state index is -0.396. The van der Waals surface area contributed by atoms with Gasteiger partial charge in [0.1, 0.15) is 5.75 Å². The van der Waals surface area contributed by atoms with Gasteiger partial charge < -0.3 is 14.5 Å². The first-order valence-corrected chi connectivity index (χ1v) is 8.53. The lowest BCUT2D eigenvalue weighted by Gasteiger charge is -2.35. The maximum absolute atomic E-state index is 11.2. The van der Waals surface area contributed by atoms with Gasteiger partial charge in [0.25, 0.3) is 0 Å². The van der Waals surface area contributed by atoms with Crippen molar-refractivity contribution >= 4 is 11.5 Å². The Morgan fingerprint density at radius 2 is 1.96 bits per heavy atom. The number of hydrogen-bond acceptors (Lipinski definition) is 6. The molecule has 7 heteroatoms. The van der Waals surface area contributed by atoms with Crippen LogP contribution in [0.1, 0.15) is 5.56 Å². The molecular weight excluding hydrogens is 344 g/mol. The summed E-state index contributed by atoms with van der Waals surface area (Å²) in [7, 11) is 1.62. The molecule has 2 heterocycles. The largest absolute Gasteiger partial charge is 0.495 e. The molecule has 0 amide bonds. The maximum atomic E-state index is 11.2. The van der Waals surface area contributed by atoms with Crippen molar-refractivity contribution in [2.24, 2.45) is 0 Å². The summed E-state index contributed by atoms with van der Waals surface area (Å²) in [6, 6.07) is 10.6. The zero-order chi connectivity index (χ0) is 19.2. The van der Waals surface area contributed by atoms with Crippen molar-refractivity contribution in [3.63, 3.8) is 0 Å². The standard InChI is InChI=1S/C20H20N4O3/c1-16(9-10-17-6-3-4-8-19(17)27-2)22-12-14-23(15-13-22)20-18(24(25)26)7-5-11-21-20/h3-8,11H,1,12-15H2,2H3. The van der Waals surface area contributed by atoms with Gasteiger partial charge in [-0.25, -0.2) is 4.98 Å². The average Bonchev–Trinajstić information content (AvgIpc) is 2.72. The van der Waals surface area contributed by atoms with Crippen LogP contribution in [0.2, 0.25) is 0 Å². The summed E-state index contributed by atoms with van der Waals surface area (Å²) in [5, 5.41) is 11.2. The molecule has 1 aliphatic rings. The molecule has 0 radical (unpaired) electrons. The van der Waals surface area contributed by atoms with Crippen molar-refractivity contribution in [1.29, 1.82) is 0 Å². The lowest BCUT2D eigenvalue weighted by molar-refractivity contribution is -0.384. The minimum Gasteiger partial charge on any atom is -0.495 e. The second-order valence-corrected chi connectivity index (χ2v) is 5.97. The molecule has 0 saturated carbocycles. The van der Waals surface area contributed by atoms with Gasteiger partial charge in [-0.05, 0) is 24.1 Å². The van der Waals surface area contributed by atoms with Gasteiger partial charge in [0, 0.05) is 38.4 Å². The Morgan fingerprint density at radius 3 is 2.67 bits per heavy atom. The molecule has 1 aliphatic heterocycles. The van der Waals surface area contributed by atoms with E-state index in [-0.39, 0.29) is 5.69 Å². The molecule has 1 aromatic carbocycles. The van der Waals surface area contributed by atoms with Crippen molar-refractivity contribution in [3.8, 4) is 17.6 Å². The van der Waals surface area contributed by atoms with E-state index in [0.717, 1.165) is 17.0 Å². The first kappa shape index (κ1) is 18.3. The van der Waals surface area contributed by atoms with Crippen LogP contribution >= 0.6 is 0 Å². The number of nitrogens with zero attached hydrogens (tertiary/aromatic N) is 4. The first-order chi connectivity index (χ1) is 13.1. The first-order valence-electron chi connectivity index (χ1n) is 8.53. The third-order valence-corrected chi connectivity index (χ3v) is 4.37. The van der Waals surface area contributed by atoms with E-state index in [1.165, 1.54) is 6.07 Å². The van der Waals surface area contributed by atoms with Crippen molar-refractivity contribution in [2.75, 3.05) is 38.2 Å². The van der Waals surface area contributed by atoms with E-state index in [4.69, 9.17) is 4.74 Å². The maximum Gasteiger partial charge on any atom is 0.311 e. The molecule has 0 bridgehead atoms. The Kier molecular flexibility index (Phi) is 5.57. The number of benzene rings is 1. The summed E-state index contributed by atoms with van der Waals surface area (Å²) in [5.41, 5.74) is 1.56. The predicted octanol–water partition coefficient (Wildman–Crippen LogP) is 2.69. The number of methoxy groups -OCH3 is 1. The topological polar surface area (TPSA) is 71.7 Å². The highest BCUT2D eigenvalue weighted by Gasteiger charge is 2.24. The van der Waals surface area contributed by atoms with Crippen molar-refractivity contribution in [3.05, 3.63) is 70.5 Å². The number of allylic oxidation sites excluding steroid dienone is 1. The van der Waals surface area contributed by atoms with E-state index in [9.17, 15) is 10.1 Å². The summed E-state index contributed by atoms with van der Waals surface area (Å²) >= 11 is 0. The van der Waals surface area contributed by atoms with Crippen LogP contribution in [0.4, 0.5) is 11.5 Å². The number of piperazine rings is 1. The van der Waals surface area contributed by atoms with Gasteiger partial charge in [-0.15, -0.1) is 0 Å². The Balaban J connectivity index is 1.66. The van der Waals surface area contributed by atoms with Crippen LogP contribution in [0.15, 0.2) is 54.9 Å². The number of hydrogen-bond donors (Lipinski definition) is 0. The lowest BCUT2D eigenvalue weighted by Crippen LogP contribution is -2.46. The number of pyridine rings is 1. The molecule has 0 aliphatic carbocycles. The van der Waals surface area contributed by atoms with Gasteiger partial charge in [-0.3, -0.25) is 10.1 Å². The third-order valence-electron chi connectivity index (χ3n) is 4.37. The predicted molar refractivity (Wildman–Crippen MR) is 104 cm³/mol. The highest BCUT2D eigenvalue weighted by molar-refractivity contribution is 5.57. The smallest absolute Gasteiger partial charge is 0.311 e. The van der Waals surface area contributed by atoms with E-state index >= 15 is 0 Å².